The minimum absolute atomic E-state index is 0.0458. The van der Waals surface area contributed by atoms with Gasteiger partial charge in [-0.15, -0.1) is 0 Å². The summed E-state index contributed by atoms with van der Waals surface area (Å²) in [5.74, 6) is 2.84. The number of rotatable bonds is 6. The predicted octanol–water partition coefficient (Wildman–Crippen LogP) is 3.63. The first-order chi connectivity index (χ1) is 14.1. The van der Waals surface area contributed by atoms with Gasteiger partial charge in [0.25, 0.3) is 0 Å². The molecule has 2 heterocycles. The number of fused-ring (bicyclic) bond motifs is 1. The number of nitrogens with zero attached hydrogens (tertiary/aromatic N) is 2. The molecule has 0 radical (unpaired) electrons. The normalized spacial score (nSPS) is 19.1. The van der Waals surface area contributed by atoms with E-state index < -0.39 is 0 Å². The SMILES string of the molecule is CCN1C(=O)[C@H](Cc2cc3c(cc2OC)OCO3)SC1=Nc1ccc(OC)cc1. The zero-order valence-corrected chi connectivity index (χ0v) is 17.3. The van der Waals surface area contributed by atoms with Gasteiger partial charge in [-0.1, -0.05) is 11.8 Å². The van der Waals surface area contributed by atoms with Gasteiger partial charge >= 0.3 is 0 Å². The molecule has 4 rings (SSSR count). The third-order valence-electron chi connectivity index (χ3n) is 4.81. The number of ether oxygens (including phenoxy) is 4. The van der Waals surface area contributed by atoms with Gasteiger partial charge in [-0.2, -0.15) is 0 Å². The van der Waals surface area contributed by atoms with E-state index >= 15 is 0 Å². The monoisotopic (exact) mass is 414 g/mol. The Morgan fingerprint density at radius 1 is 1.14 bits per heavy atom. The van der Waals surface area contributed by atoms with Crippen LogP contribution in [0.3, 0.4) is 0 Å². The van der Waals surface area contributed by atoms with Crippen LogP contribution in [0.1, 0.15) is 12.5 Å². The largest absolute Gasteiger partial charge is 0.497 e. The number of hydrogen-bond acceptors (Lipinski definition) is 7. The van der Waals surface area contributed by atoms with Gasteiger partial charge in [-0.25, -0.2) is 4.99 Å². The summed E-state index contributed by atoms with van der Waals surface area (Å²) in [5, 5.41) is 0.425. The summed E-state index contributed by atoms with van der Waals surface area (Å²) in [6.45, 7) is 2.71. The third kappa shape index (κ3) is 3.85. The molecule has 1 amide bonds. The molecular formula is C21H22N2O5S. The van der Waals surface area contributed by atoms with Crippen LogP contribution in [0.15, 0.2) is 41.4 Å². The lowest BCUT2D eigenvalue weighted by Gasteiger charge is -2.14. The van der Waals surface area contributed by atoms with Gasteiger partial charge in [-0.05, 0) is 49.2 Å². The number of carbonyl (C=O) groups excluding carboxylic acids is 1. The van der Waals surface area contributed by atoms with E-state index in [4.69, 9.17) is 18.9 Å². The highest BCUT2D eigenvalue weighted by molar-refractivity contribution is 8.15. The van der Waals surface area contributed by atoms with Crippen molar-refractivity contribution in [3.8, 4) is 23.0 Å². The molecule has 1 fully saturated rings. The fourth-order valence-corrected chi connectivity index (χ4v) is 4.55. The average Bonchev–Trinajstić information content (AvgIpc) is 3.31. The zero-order valence-electron chi connectivity index (χ0n) is 16.5. The van der Waals surface area contributed by atoms with Crippen molar-refractivity contribution in [2.24, 2.45) is 4.99 Å². The van der Waals surface area contributed by atoms with E-state index in [1.165, 1.54) is 11.8 Å². The first-order valence-electron chi connectivity index (χ1n) is 9.30. The van der Waals surface area contributed by atoms with Crippen LogP contribution in [0.4, 0.5) is 5.69 Å². The van der Waals surface area contributed by atoms with Gasteiger partial charge in [0.1, 0.15) is 11.5 Å². The van der Waals surface area contributed by atoms with Crippen molar-refractivity contribution in [1.82, 2.24) is 4.90 Å². The molecular weight excluding hydrogens is 392 g/mol. The van der Waals surface area contributed by atoms with E-state index in [2.05, 4.69) is 4.99 Å². The van der Waals surface area contributed by atoms with Crippen LogP contribution in [0.2, 0.25) is 0 Å². The number of thioether (sulfide) groups is 1. The number of aliphatic imine (C=N–C) groups is 1. The number of benzene rings is 2. The Hall–Kier alpha value is -2.87. The van der Waals surface area contributed by atoms with E-state index in [-0.39, 0.29) is 18.0 Å². The maximum absolute atomic E-state index is 13.0. The van der Waals surface area contributed by atoms with Crippen LogP contribution in [0, 0.1) is 0 Å². The van der Waals surface area contributed by atoms with Crippen molar-refractivity contribution < 1.29 is 23.7 Å². The number of amidine groups is 1. The second kappa shape index (κ2) is 8.24. The molecule has 0 spiro atoms. The van der Waals surface area contributed by atoms with Crippen LogP contribution in [-0.2, 0) is 11.2 Å². The molecule has 0 aliphatic carbocycles. The molecule has 1 atom stereocenters. The third-order valence-corrected chi connectivity index (χ3v) is 5.99. The Bertz CT molecular complexity index is 945. The highest BCUT2D eigenvalue weighted by atomic mass is 32.2. The lowest BCUT2D eigenvalue weighted by molar-refractivity contribution is -0.126. The Morgan fingerprint density at radius 3 is 2.52 bits per heavy atom. The van der Waals surface area contributed by atoms with Crippen LogP contribution in [0.25, 0.3) is 0 Å². The average molecular weight is 414 g/mol. The molecule has 2 aromatic rings. The molecule has 2 aromatic carbocycles. The van der Waals surface area contributed by atoms with Crippen molar-refractivity contribution >= 4 is 28.5 Å². The Labute approximate surface area is 173 Å². The van der Waals surface area contributed by atoms with Crippen LogP contribution in [0.5, 0.6) is 23.0 Å². The van der Waals surface area contributed by atoms with Gasteiger partial charge in [0.15, 0.2) is 16.7 Å². The smallest absolute Gasteiger partial charge is 0.242 e. The number of amides is 1. The molecule has 2 aliphatic rings. The number of methoxy groups -OCH3 is 2. The minimum atomic E-state index is -0.277. The van der Waals surface area contributed by atoms with Gasteiger partial charge in [0, 0.05) is 12.6 Å². The molecule has 0 bridgehead atoms. The van der Waals surface area contributed by atoms with E-state index in [0.29, 0.717) is 35.4 Å². The molecule has 0 unspecified atom stereocenters. The molecule has 2 aliphatic heterocycles. The molecule has 8 heteroatoms. The first kappa shape index (κ1) is 19.4. The van der Waals surface area contributed by atoms with Crippen molar-refractivity contribution in [2.45, 2.75) is 18.6 Å². The summed E-state index contributed by atoms with van der Waals surface area (Å²) in [7, 11) is 3.24. The van der Waals surface area contributed by atoms with Crippen molar-refractivity contribution in [3.05, 3.63) is 42.0 Å². The maximum atomic E-state index is 13.0. The Morgan fingerprint density at radius 2 is 1.86 bits per heavy atom. The molecule has 0 N–H and O–H groups in total. The Kier molecular flexibility index (Phi) is 5.53. The van der Waals surface area contributed by atoms with Crippen molar-refractivity contribution in [1.29, 1.82) is 0 Å². The fraction of sp³-hybridized carbons (Fsp3) is 0.333. The highest BCUT2D eigenvalue weighted by Crippen LogP contribution is 2.40. The van der Waals surface area contributed by atoms with Gasteiger partial charge in [-0.3, -0.25) is 9.69 Å². The Balaban J connectivity index is 1.58. The van der Waals surface area contributed by atoms with E-state index in [1.54, 1.807) is 19.1 Å². The van der Waals surface area contributed by atoms with Gasteiger partial charge < -0.3 is 18.9 Å². The molecule has 1 saturated heterocycles. The van der Waals surface area contributed by atoms with E-state index in [9.17, 15) is 4.79 Å². The minimum Gasteiger partial charge on any atom is -0.497 e. The molecule has 152 valence electrons. The lowest BCUT2D eigenvalue weighted by atomic mass is 10.1. The topological polar surface area (TPSA) is 69.6 Å². The molecule has 29 heavy (non-hydrogen) atoms. The predicted molar refractivity (Wildman–Crippen MR) is 112 cm³/mol. The summed E-state index contributed by atoms with van der Waals surface area (Å²) < 4.78 is 21.6. The standard InChI is InChI=1S/C21H22N2O5S/c1-4-23-20(24)19(29-21(23)22-14-5-7-15(25-2)8-6-14)10-13-9-17-18(28-12-27-17)11-16(13)26-3/h5-9,11,19H,4,10,12H2,1-3H3/t19-/m0/s1. The van der Waals surface area contributed by atoms with Gasteiger partial charge in [0.2, 0.25) is 12.7 Å². The van der Waals surface area contributed by atoms with Crippen molar-refractivity contribution in [3.63, 3.8) is 0 Å². The molecule has 7 nitrogen and oxygen atoms in total. The fourth-order valence-electron chi connectivity index (χ4n) is 3.30. The first-order valence-corrected chi connectivity index (χ1v) is 10.2. The van der Waals surface area contributed by atoms with Crippen LogP contribution >= 0.6 is 11.8 Å². The van der Waals surface area contributed by atoms with Gasteiger partial charge in [0.05, 0.1) is 25.2 Å². The quantitative estimate of drug-likeness (QED) is 0.719. The van der Waals surface area contributed by atoms with Crippen LogP contribution < -0.4 is 18.9 Å². The summed E-state index contributed by atoms with van der Waals surface area (Å²) in [6, 6.07) is 11.2. The summed E-state index contributed by atoms with van der Waals surface area (Å²) in [4.78, 5) is 19.4. The zero-order chi connectivity index (χ0) is 20.4. The highest BCUT2D eigenvalue weighted by Gasteiger charge is 2.38. The molecule has 0 saturated carbocycles. The van der Waals surface area contributed by atoms with Crippen molar-refractivity contribution in [2.75, 3.05) is 27.6 Å². The van der Waals surface area contributed by atoms with Crippen LogP contribution in [-0.4, -0.2) is 48.8 Å². The second-order valence-electron chi connectivity index (χ2n) is 6.50. The second-order valence-corrected chi connectivity index (χ2v) is 7.67. The summed E-state index contributed by atoms with van der Waals surface area (Å²) >= 11 is 1.47. The maximum Gasteiger partial charge on any atom is 0.242 e. The van der Waals surface area contributed by atoms with E-state index in [0.717, 1.165) is 17.0 Å². The lowest BCUT2D eigenvalue weighted by Crippen LogP contribution is -2.32. The molecule has 0 aromatic heterocycles. The summed E-state index contributed by atoms with van der Waals surface area (Å²) in [6.07, 6.45) is 0.515. The van der Waals surface area contributed by atoms with E-state index in [1.807, 2.05) is 43.3 Å². The number of hydrogen-bond donors (Lipinski definition) is 0. The number of carbonyl (C=O) groups is 1. The summed E-state index contributed by atoms with van der Waals surface area (Å²) in [5.41, 5.74) is 1.69.